The molecule has 0 rings (SSSR count). The Bertz CT molecular complexity index is 118. The van der Waals surface area contributed by atoms with Crippen molar-refractivity contribution in [3.05, 3.63) is 0 Å². The van der Waals surface area contributed by atoms with Crippen LogP contribution < -0.4 is 5.32 Å². The summed E-state index contributed by atoms with van der Waals surface area (Å²) < 4.78 is 0. The normalized spacial score (nSPS) is 14.5. The minimum Gasteiger partial charge on any atom is -0.317 e. The van der Waals surface area contributed by atoms with Crippen LogP contribution in [0.1, 0.15) is 53.9 Å². The molecule has 0 fully saturated rings. The van der Waals surface area contributed by atoms with Crippen LogP contribution in [0.5, 0.6) is 0 Å². The number of rotatable bonds is 7. The van der Waals surface area contributed by atoms with Crippen LogP contribution >= 0.6 is 0 Å². The molecule has 0 saturated heterocycles. The molecule has 0 aromatic rings. The highest BCUT2D eigenvalue weighted by atomic mass is 14.8. The first-order valence-corrected chi connectivity index (χ1v) is 5.72. The fourth-order valence-corrected chi connectivity index (χ4v) is 1.79. The van der Waals surface area contributed by atoms with Crippen LogP contribution in [-0.4, -0.2) is 13.1 Å². The average molecular weight is 185 g/mol. The summed E-state index contributed by atoms with van der Waals surface area (Å²) in [6.07, 6.45) is 3.96. The van der Waals surface area contributed by atoms with Gasteiger partial charge in [-0.1, -0.05) is 41.0 Å². The number of hydrogen-bond donors (Lipinski definition) is 1. The SMILES string of the molecule is CCNCCC(C)(C)CC(C)CC. The molecule has 0 aliphatic heterocycles. The third-order valence-corrected chi connectivity index (χ3v) is 2.83. The van der Waals surface area contributed by atoms with Gasteiger partial charge in [0.15, 0.2) is 0 Å². The summed E-state index contributed by atoms with van der Waals surface area (Å²) >= 11 is 0. The van der Waals surface area contributed by atoms with Crippen LogP contribution in [0, 0.1) is 11.3 Å². The standard InChI is InChI=1S/C12H27N/c1-6-11(3)10-12(4,5)8-9-13-7-2/h11,13H,6-10H2,1-5H3. The highest BCUT2D eigenvalue weighted by molar-refractivity contribution is 4.72. The summed E-state index contributed by atoms with van der Waals surface area (Å²) in [6, 6.07) is 0. The molecule has 0 aromatic carbocycles. The zero-order chi connectivity index (χ0) is 10.3. The first kappa shape index (κ1) is 13.0. The molecule has 0 heterocycles. The Morgan fingerprint density at radius 3 is 2.31 bits per heavy atom. The maximum Gasteiger partial charge on any atom is -0.00439 e. The lowest BCUT2D eigenvalue weighted by Gasteiger charge is -2.27. The molecule has 80 valence electrons. The van der Waals surface area contributed by atoms with Gasteiger partial charge < -0.3 is 5.32 Å². The molecule has 1 nitrogen and oxygen atoms in total. The van der Waals surface area contributed by atoms with E-state index in [0.717, 1.165) is 12.5 Å². The fraction of sp³-hybridized carbons (Fsp3) is 1.00. The summed E-state index contributed by atoms with van der Waals surface area (Å²) in [5.74, 6) is 0.872. The van der Waals surface area contributed by atoms with E-state index >= 15 is 0 Å². The zero-order valence-electron chi connectivity index (χ0n) is 10.1. The second-order valence-corrected chi connectivity index (χ2v) is 4.99. The van der Waals surface area contributed by atoms with Gasteiger partial charge in [0, 0.05) is 0 Å². The molecule has 1 heteroatoms. The summed E-state index contributed by atoms with van der Waals surface area (Å²) in [6.45, 7) is 13.8. The van der Waals surface area contributed by atoms with E-state index in [1.165, 1.54) is 25.8 Å². The van der Waals surface area contributed by atoms with E-state index in [2.05, 4.69) is 39.9 Å². The summed E-state index contributed by atoms with van der Waals surface area (Å²) in [5, 5.41) is 3.40. The molecule has 0 spiro atoms. The molecular weight excluding hydrogens is 158 g/mol. The quantitative estimate of drug-likeness (QED) is 0.599. The smallest absolute Gasteiger partial charge is 0.00439 e. The van der Waals surface area contributed by atoms with Crippen molar-refractivity contribution in [2.45, 2.75) is 53.9 Å². The van der Waals surface area contributed by atoms with Crippen LogP contribution in [0.3, 0.4) is 0 Å². The lowest BCUT2D eigenvalue weighted by Crippen LogP contribution is -2.23. The van der Waals surface area contributed by atoms with Gasteiger partial charge >= 0.3 is 0 Å². The second-order valence-electron chi connectivity index (χ2n) is 4.99. The molecule has 0 aliphatic carbocycles. The van der Waals surface area contributed by atoms with Gasteiger partial charge in [0.2, 0.25) is 0 Å². The maximum absolute atomic E-state index is 3.40. The predicted molar refractivity (Wildman–Crippen MR) is 61.0 cm³/mol. The van der Waals surface area contributed by atoms with Gasteiger partial charge in [0.05, 0.1) is 0 Å². The van der Waals surface area contributed by atoms with Gasteiger partial charge in [-0.2, -0.15) is 0 Å². The molecule has 1 N–H and O–H groups in total. The lowest BCUT2D eigenvalue weighted by molar-refractivity contribution is 0.251. The Balaban J connectivity index is 3.65. The van der Waals surface area contributed by atoms with Gasteiger partial charge in [-0.25, -0.2) is 0 Å². The molecule has 0 bridgehead atoms. The van der Waals surface area contributed by atoms with Gasteiger partial charge in [0.25, 0.3) is 0 Å². The zero-order valence-corrected chi connectivity index (χ0v) is 10.1. The minimum absolute atomic E-state index is 0.512. The summed E-state index contributed by atoms with van der Waals surface area (Å²) in [4.78, 5) is 0. The molecular formula is C12H27N. The van der Waals surface area contributed by atoms with Crippen molar-refractivity contribution in [2.75, 3.05) is 13.1 Å². The Kier molecular flexibility index (Phi) is 6.40. The molecule has 0 aliphatic rings. The van der Waals surface area contributed by atoms with Crippen LogP contribution in [0.25, 0.3) is 0 Å². The van der Waals surface area contributed by atoms with Gasteiger partial charge in [-0.05, 0) is 37.3 Å². The highest BCUT2D eigenvalue weighted by Gasteiger charge is 2.19. The largest absolute Gasteiger partial charge is 0.317 e. The topological polar surface area (TPSA) is 12.0 Å². The molecule has 0 radical (unpaired) electrons. The van der Waals surface area contributed by atoms with E-state index in [1.807, 2.05) is 0 Å². The number of hydrogen-bond acceptors (Lipinski definition) is 1. The Labute approximate surface area is 84.3 Å². The molecule has 0 saturated carbocycles. The van der Waals surface area contributed by atoms with Crippen molar-refractivity contribution in [3.63, 3.8) is 0 Å². The van der Waals surface area contributed by atoms with E-state index in [-0.39, 0.29) is 0 Å². The van der Waals surface area contributed by atoms with E-state index in [9.17, 15) is 0 Å². The summed E-state index contributed by atoms with van der Waals surface area (Å²) in [7, 11) is 0. The highest BCUT2D eigenvalue weighted by Crippen LogP contribution is 2.29. The molecule has 0 amide bonds. The van der Waals surface area contributed by atoms with Gasteiger partial charge in [-0.15, -0.1) is 0 Å². The van der Waals surface area contributed by atoms with Crippen molar-refractivity contribution in [3.8, 4) is 0 Å². The average Bonchev–Trinajstić information content (AvgIpc) is 2.03. The van der Waals surface area contributed by atoms with E-state index in [4.69, 9.17) is 0 Å². The molecule has 1 unspecified atom stereocenters. The van der Waals surface area contributed by atoms with Gasteiger partial charge in [0.1, 0.15) is 0 Å². The third kappa shape index (κ3) is 7.06. The Morgan fingerprint density at radius 1 is 1.23 bits per heavy atom. The van der Waals surface area contributed by atoms with Crippen molar-refractivity contribution < 1.29 is 0 Å². The van der Waals surface area contributed by atoms with Crippen LogP contribution in [0.4, 0.5) is 0 Å². The molecule has 0 aromatic heterocycles. The van der Waals surface area contributed by atoms with Crippen molar-refractivity contribution >= 4 is 0 Å². The van der Waals surface area contributed by atoms with Crippen molar-refractivity contribution in [1.29, 1.82) is 0 Å². The van der Waals surface area contributed by atoms with Crippen molar-refractivity contribution in [2.24, 2.45) is 11.3 Å². The van der Waals surface area contributed by atoms with E-state index in [0.29, 0.717) is 5.41 Å². The molecule has 13 heavy (non-hydrogen) atoms. The predicted octanol–water partition coefficient (Wildman–Crippen LogP) is 3.45. The Morgan fingerprint density at radius 2 is 1.85 bits per heavy atom. The lowest BCUT2D eigenvalue weighted by atomic mass is 9.80. The van der Waals surface area contributed by atoms with Crippen LogP contribution in [0.2, 0.25) is 0 Å². The second kappa shape index (κ2) is 6.42. The monoisotopic (exact) mass is 185 g/mol. The third-order valence-electron chi connectivity index (χ3n) is 2.83. The van der Waals surface area contributed by atoms with Crippen LogP contribution in [-0.2, 0) is 0 Å². The van der Waals surface area contributed by atoms with Crippen molar-refractivity contribution in [1.82, 2.24) is 5.32 Å². The first-order valence-electron chi connectivity index (χ1n) is 5.72. The Hall–Kier alpha value is -0.0400. The number of nitrogens with one attached hydrogen (secondary N) is 1. The van der Waals surface area contributed by atoms with Crippen LogP contribution in [0.15, 0.2) is 0 Å². The van der Waals surface area contributed by atoms with Gasteiger partial charge in [-0.3, -0.25) is 0 Å². The van der Waals surface area contributed by atoms with E-state index < -0.39 is 0 Å². The first-order chi connectivity index (χ1) is 6.02. The fourth-order valence-electron chi connectivity index (χ4n) is 1.79. The minimum atomic E-state index is 0.512. The maximum atomic E-state index is 3.40. The molecule has 1 atom stereocenters. The van der Waals surface area contributed by atoms with E-state index in [1.54, 1.807) is 0 Å². The summed E-state index contributed by atoms with van der Waals surface area (Å²) in [5.41, 5.74) is 0.512.